The van der Waals surface area contributed by atoms with Crippen LogP contribution in [-0.2, 0) is 14.3 Å². The van der Waals surface area contributed by atoms with Crippen LogP contribution in [0, 0.1) is 5.92 Å². The number of hydrogen-bond donors (Lipinski definition) is 1. The molecular formula is C19H25NO6. The summed E-state index contributed by atoms with van der Waals surface area (Å²) in [4.78, 5) is 35.6. The molecule has 1 aromatic carbocycles. The lowest BCUT2D eigenvalue weighted by Gasteiger charge is -2.18. The number of esters is 1. The van der Waals surface area contributed by atoms with Gasteiger partial charge in [-0.1, -0.05) is 13.8 Å². The van der Waals surface area contributed by atoms with Crippen LogP contribution in [0.5, 0.6) is 11.5 Å². The van der Waals surface area contributed by atoms with Crippen molar-refractivity contribution in [3.05, 3.63) is 23.8 Å². The number of amides is 1. The first-order valence-electron chi connectivity index (χ1n) is 8.74. The van der Waals surface area contributed by atoms with E-state index in [-0.39, 0.29) is 37.2 Å². The van der Waals surface area contributed by atoms with Gasteiger partial charge in [0.1, 0.15) is 13.2 Å². The Morgan fingerprint density at radius 1 is 1.08 bits per heavy atom. The second kappa shape index (κ2) is 9.22. The monoisotopic (exact) mass is 363 g/mol. The first kappa shape index (κ1) is 19.8. The number of fused-ring (bicyclic) bond motifs is 1. The van der Waals surface area contributed by atoms with Crippen molar-refractivity contribution in [3.63, 3.8) is 0 Å². The Morgan fingerprint density at radius 3 is 2.46 bits per heavy atom. The predicted octanol–water partition coefficient (Wildman–Crippen LogP) is 2.12. The summed E-state index contributed by atoms with van der Waals surface area (Å²) in [5.41, 5.74) is 0.450. The van der Waals surface area contributed by atoms with Gasteiger partial charge in [-0.3, -0.25) is 14.4 Å². The minimum absolute atomic E-state index is 0.00186. The third kappa shape index (κ3) is 5.75. The van der Waals surface area contributed by atoms with Crippen molar-refractivity contribution in [2.24, 2.45) is 5.92 Å². The van der Waals surface area contributed by atoms with Crippen LogP contribution in [0.2, 0.25) is 0 Å². The molecule has 7 heteroatoms. The molecule has 0 saturated heterocycles. The highest BCUT2D eigenvalue weighted by molar-refractivity contribution is 5.98. The minimum atomic E-state index is -0.580. The fourth-order valence-electron chi connectivity index (χ4n) is 2.26. The second-order valence-electron chi connectivity index (χ2n) is 6.54. The van der Waals surface area contributed by atoms with Crippen LogP contribution in [0.25, 0.3) is 0 Å². The van der Waals surface area contributed by atoms with E-state index in [2.05, 4.69) is 5.32 Å². The normalized spacial score (nSPS) is 13.8. The van der Waals surface area contributed by atoms with Crippen molar-refractivity contribution in [3.8, 4) is 11.5 Å². The third-order valence-corrected chi connectivity index (χ3v) is 4.17. The van der Waals surface area contributed by atoms with Crippen molar-refractivity contribution in [1.82, 2.24) is 5.32 Å². The summed E-state index contributed by atoms with van der Waals surface area (Å²) in [5, 5.41) is 2.75. The van der Waals surface area contributed by atoms with E-state index in [4.69, 9.17) is 14.2 Å². The number of hydrogen-bond acceptors (Lipinski definition) is 6. The molecule has 1 atom stereocenters. The zero-order valence-corrected chi connectivity index (χ0v) is 15.4. The molecule has 0 fully saturated rings. The van der Waals surface area contributed by atoms with Gasteiger partial charge >= 0.3 is 5.97 Å². The van der Waals surface area contributed by atoms with Crippen LogP contribution >= 0.6 is 0 Å². The molecule has 1 aliphatic rings. The molecule has 0 spiro atoms. The standard InChI is InChI=1S/C19H25NO6/c1-12(2)13(3)20-18(22)11-26-19(23)7-5-15(21)14-4-6-16-17(10-14)25-9-8-24-16/h4,6,10,12-13H,5,7-9,11H2,1-3H3,(H,20,22). The number of ketones is 1. The Balaban J connectivity index is 1.75. The molecule has 1 amide bonds. The summed E-state index contributed by atoms with van der Waals surface area (Å²) < 4.78 is 15.8. The Kier molecular flexibility index (Phi) is 7.00. The van der Waals surface area contributed by atoms with Crippen LogP contribution in [0.15, 0.2) is 18.2 Å². The van der Waals surface area contributed by atoms with Crippen molar-refractivity contribution in [2.75, 3.05) is 19.8 Å². The third-order valence-electron chi connectivity index (χ3n) is 4.17. The van der Waals surface area contributed by atoms with E-state index >= 15 is 0 Å². The van der Waals surface area contributed by atoms with E-state index in [9.17, 15) is 14.4 Å². The van der Waals surface area contributed by atoms with Gasteiger partial charge in [-0.05, 0) is 31.0 Å². The highest BCUT2D eigenvalue weighted by Gasteiger charge is 2.17. The van der Waals surface area contributed by atoms with E-state index in [0.717, 1.165) is 0 Å². The maximum absolute atomic E-state index is 12.2. The van der Waals surface area contributed by atoms with Crippen LogP contribution in [-0.4, -0.2) is 43.5 Å². The largest absolute Gasteiger partial charge is 0.486 e. The topological polar surface area (TPSA) is 90.9 Å². The lowest BCUT2D eigenvalue weighted by atomic mass is 10.1. The molecule has 1 heterocycles. The molecular weight excluding hydrogens is 338 g/mol. The predicted molar refractivity (Wildman–Crippen MR) is 94.4 cm³/mol. The van der Waals surface area contributed by atoms with Gasteiger partial charge in [0.25, 0.3) is 5.91 Å². The van der Waals surface area contributed by atoms with Gasteiger partial charge in [0.05, 0.1) is 6.42 Å². The van der Waals surface area contributed by atoms with Crippen molar-refractivity contribution >= 4 is 17.7 Å². The molecule has 7 nitrogen and oxygen atoms in total. The number of carbonyl (C=O) groups excluding carboxylic acids is 3. The van der Waals surface area contributed by atoms with Crippen molar-refractivity contribution < 1.29 is 28.6 Å². The average molecular weight is 363 g/mol. The highest BCUT2D eigenvalue weighted by Crippen LogP contribution is 2.31. The van der Waals surface area contributed by atoms with Crippen molar-refractivity contribution in [2.45, 2.75) is 39.7 Å². The maximum Gasteiger partial charge on any atom is 0.306 e. The molecule has 2 rings (SSSR count). The molecule has 0 saturated carbocycles. The van der Waals surface area contributed by atoms with Crippen LogP contribution < -0.4 is 14.8 Å². The molecule has 0 radical (unpaired) electrons. The van der Waals surface area contributed by atoms with Crippen LogP contribution in [0.1, 0.15) is 44.0 Å². The lowest BCUT2D eigenvalue weighted by Crippen LogP contribution is -2.38. The fourth-order valence-corrected chi connectivity index (χ4v) is 2.26. The highest BCUT2D eigenvalue weighted by atomic mass is 16.6. The van der Waals surface area contributed by atoms with E-state index in [1.54, 1.807) is 18.2 Å². The zero-order chi connectivity index (χ0) is 19.1. The van der Waals surface area contributed by atoms with Gasteiger partial charge in [0, 0.05) is 18.0 Å². The Hall–Kier alpha value is -2.57. The number of benzene rings is 1. The molecule has 26 heavy (non-hydrogen) atoms. The average Bonchev–Trinajstić information content (AvgIpc) is 2.63. The number of Topliss-reactive ketones (excluding diaryl/α,β-unsaturated/α-hetero) is 1. The summed E-state index contributed by atoms with van der Waals surface area (Å²) in [6.07, 6.45) is -0.0806. The van der Waals surface area contributed by atoms with Gasteiger partial charge in [0.15, 0.2) is 23.9 Å². The van der Waals surface area contributed by atoms with Crippen LogP contribution in [0.4, 0.5) is 0 Å². The van der Waals surface area contributed by atoms with Gasteiger partial charge in [-0.2, -0.15) is 0 Å². The number of rotatable bonds is 8. The molecule has 1 aromatic rings. The molecule has 1 unspecified atom stereocenters. The summed E-state index contributed by atoms with van der Waals surface area (Å²) in [6.45, 7) is 6.44. The lowest BCUT2D eigenvalue weighted by molar-refractivity contribution is -0.148. The number of ether oxygens (including phenoxy) is 3. The van der Waals surface area contributed by atoms with E-state index < -0.39 is 5.97 Å². The minimum Gasteiger partial charge on any atom is -0.486 e. The first-order valence-corrected chi connectivity index (χ1v) is 8.74. The summed E-state index contributed by atoms with van der Waals surface area (Å²) in [7, 11) is 0. The van der Waals surface area contributed by atoms with E-state index in [1.807, 2.05) is 20.8 Å². The van der Waals surface area contributed by atoms with Gasteiger partial charge in [-0.25, -0.2) is 0 Å². The molecule has 0 aliphatic carbocycles. The Morgan fingerprint density at radius 2 is 1.77 bits per heavy atom. The quantitative estimate of drug-likeness (QED) is 0.562. The fraction of sp³-hybridized carbons (Fsp3) is 0.526. The maximum atomic E-state index is 12.2. The van der Waals surface area contributed by atoms with E-state index in [0.29, 0.717) is 36.2 Å². The summed E-state index contributed by atoms with van der Waals surface area (Å²) in [5.74, 6) is 0.297. The Bertz CT molecular complexity index is 670. The molecule has 1 aliphatic heterocycles. The van der Waals surface area contributed by atoms with Gasteiger partial charge < -0.3 is 19.5 Å². The summed E-state index contributed by atoms with van der Waals surface area (Å²) >= 11 is 0. The first-order chi connectivity index (χ1) is 12.4. The molecule has 142 valence electrons. The molecule has 1 N–H and O–H groups in total. The number of nitrogens with one attached hydrogen (secondary N) is 1. The van der Waals surface area contributed by atoms with Crippen LogP contribution in [0.3, 0.4) is 0 Å². The molecule has 0 bridgehead atoms. The zero-order valence-electron chi connectivity index (χ0n) is 15.4. The number of carbonyl (C=O) groups is 3. The Labute approximate surface area is 153 Å². The molecule has 0 aromatic heterocycles. The second-order valence-corrected chi connectivity index (χ2v) is 6.54. The van der Waals surface area contributed by atoms with Crippen molar-refractivity contribution in [1.29, 1.82) is 0 Å². The van der Waals surface area contributed by atoms with E-state index in [1.165, 1.54) is 0 Å². The summed E-state index contributed by atoms with van der Waals surface area (Å²) in [6, 6.07) is 4.93. The van der Waals surface area contributed by atoms with Gasteiger partial charge in [0.2, 0.25) is 0 Å². The SMILES string of the molecule is CC(C)C(C)NC(=O)COC(=O)CCC(=O)c1ccc2c(c1)OCCO2. The van der Waals surface area contributed by atoms with Gasteiger partial charge in [-0.15, -0.1) is 0 Å². The smallest absolute Gasteiger partial charge is 0.306 e.